The van der Waals surface area contributed by atoms with Crippen LogP contribution in [0.2, 0.25) is 0 Å². The lowest BCUT2D eigenvalue weighted by Crippen LogP contribution is -2.62. The second kappa shape index (κ2) is 19.6. The Morgan fingerprint density at radius 2 is 1.83 bits per heavy atom. The SMILES string of the molecule is C#CC(=O)N1CCC(C(=O)N(C)C(C(=O)NC2Cc3cccc(c3)-c3ccc4c(c3)c(c(-c3cccnc3C(C)OC)n4CC)CC(C)(C)COC(=O)C3CCCN(N3)C2=O)C(C)C)C1. The van der Waals surface area contributed by atoms with Gasteiger partial charge < -0.3 is 29.2 Å². The van der Waals surface area contributed by atoms with Gasteiger partial charge in [0.25, 0.3) is 11.8 Å². The Balaban J connectivity index is 1.29. The number of benzene rings is 2. The van der Waals surface area contributed by atoms with E-state index in [9.17, 15) is 24.0 Å². The molecule has 2 fully saturated rings. The van der Waals surface area contributed by atoms with Gasteiger partial charge in [-0.05, 0) is 97.9 Å². The molecule has 4 amide bonds. The van der Waals surface area contributed by atoms with Crippen LogP contribution in [0, 0.1) is 29.6 Å². The number of carbonyl (C=O) groups is 5. The van der Waals surface area contributed by atoms with E-state index in [0.717, 1.165) is 50.1 Å². The molecule has 0 radical (unpaired) electrons. The molecule has 2 N–H and O–H groups in total. The summed E-state index contributed by atoms with van der Waals surface area (Å²) >= 11 is 0. The van der Waals surface area contributed by atoms with Gasteiger partial charge in [0, 0.05) is 74.8 Å². The first-order valence-corrected chi connectivity index (χ1v) is 22.8. The number of likely N-dealkylation sites (tertiary alicyclic amines) is 1. The number of hydrazine groups is 1. The Labute approximate surface area is 382 Å². The molecule has 0 aliphatic carbocycles. The van der Waals surface area contributed by atoms with Crippen LogP contribution in [-0.4, -0.2) is 112 Å². The van der Waals surface area contributed by atoms with Gasteiger partial charge in [-0.3, -0.25) is 34.0 Å². The van der Waals surface area contributed by atoms with Crippen LogP contribution in [0.15, 0.2) is 60.8 Å². The van der Waals surface area contributed by atoms with Crippen LogP contribution in [-0.2, 0) is 52.8 Å². The van der Waals surface area contributed by atoms with Crippen LogP contribution < -0.4 is 10.7 Å². The van der Waals surface area contributed by atoms with Gasteiger partial charge in [-0.2, -0.15) is 0 Å². The normalized spacial score (nSPS) is 21.0. The van der Waals surface area contributed by atoms with Crippen LogP contribution >= 0.6 is 0 Å². The largest absolute Gasteiger partial charge is 0.464 e. The van der Waals surface area contributed by atoms with Gasteiger partial charge in [-0.15, -0.1) is 6.42 Å². The van der Waals surface area contributed by atoms with Crippen molar-refractivity contribution in [2.75, 3.05) is 40.4 Å². The van der Waals surface area contributed by atoms with Gasteiger partial charge in [0.15, 0.2) is 0 Å². The van der Waals surface area contributed by atoms with Crippen molar-refractivity contribution in [3.05, 3.63) is 77.6 Å². The van der Waals surface area contributed by atoms with E-state index in [1.54, 1.807) is 20.4 Å². The minimum Gasteiger partial charge on any atom is -0.464 e. The third kappa shape index (κ3) is 9.82. The molecule has 65 heavy (non-hydrogen) atoms. The topological polar surface area (TPSA) is 155 Å². The lowest BCUT2D eigenvalue weighted by Gasteiger charge is -2.37. The average molecular weight is 886 g/mol. The molecule has 14 nitrogen and oxygen atoms in total. The van der Waals surface area contributed by atoms with Crippen molar-refractivity contribution in [2.45, 2.75) is 104 Å². The average Bonchev–Trinajstić information content (AvgIpc) is 3.92. The molecule has 14 heteroatoms. The number of esters is 1. The number of aromatic nitrogens is 2. The van der Waals surface area contributed by atoms with Gasteiger partial charge in [0.1, 0.15) is 18.1 Å². The lowest BCUT2D eigenvalue weighted by molar-refractivity contribution is -0.155. The van der Waals surface area contributed by atoms with E-state index < -0.39 is 53.1 Å². The van der Waals surface area contributed by atoms with Crippen LogP contribution in [0.5, 0.6) is 0 Å². The molecular formula is C51H63N7O7. The summed E-state index contributed by atoms with van der Waals surface area (Å²) in [4.78, 5) is 76.8. The second-order valence-electron chi connectivity index (χ2n) is 18.9. The van der Waals surface area contributed by atoms with Crippen molar-refractivity contribution >= 4 is 40.5 Å². The fraction of sp³-hybridized carbons (Fsp3) is 0.490. The predicted octanol–water partition coefficient (Wildman–Crippen LogP) is 5.71. The fourth-order valence-electron chi connectivity index (χ4n) is 9.83. The van der Waals surface area contributed by atoms with Crippen molar-refractivity contribution < 1.29 is 33.4 Å². The summed E-state index contributed by atoms with van der Waals surface area (Å²) in [5.74, 6) is -0.805. The highest BCUT2D eigenvalue weighted by atomic mass is 16.5. The number of nitrogens with zero attached hydrogens (tertiary/aromatic N) is 5. The Bertz CT molecular complexity index is 2500. The number of hydrogen-bond donors (Lipinski definition) is 2. The quantitative estimate of drug-likeness (QED) is 0.159. The maximum Gasteiger partial charge on any atom is 0.324 e. The number of cyclic esters (lactones) is 1. The molecule has 4 aromatic rings. The molecule has 6 bridgehead atoms. The van der Waals surface area contributed by atoms with E-state index in [-0.39, 0.29) is 37.5 Å². The molecule has 3 aliphatic rings. The van der Waals surface area contributed by atoms with E-state index >= 15 is 0 Å². The second-order valence-corrected chi connectivity index (χ2v) is 18.9. The fourth-order valence-corrected chi connectivity index (χ4v) is 9.83. The number of amides is 4. The zero-order valence-electron chi connectivity index (χ0n) is 39.0. The highest BCUT2D eigenvalue weighted by Crippen LogP contribution is 2.42. The number of carbonyl (C=O) groups excluding carboxylic acids is 5. The van der Waals surface area contributed by atoms with Gasteiger partial charge in [-0.1, -0.05) is 58.0 Å². The zero-order valence-corrected chi connectivity index (χ0v) is 39.0. The number of terminal acetylenes is 1. The molecule has 2 saturated heterocycles. The Morgan fingerprint density at radius 1 is 1.06 bits per heavy atom. The highest BCUT2D eigenvalue weighted by Gasteiger charge is 2.40. The van der Waals surface area contributed by atoms with Crippen molar-refractivity contribution in [3.8, 4) is 34.7 Å². The maximum absolute atomic E-state index is 14.7. The first kappa shape index (κ1) is 46.9. The number of hydrogen-bond acceptors (Lipinski definition) is 9. The molecule has 2 aromatic carbocycles. The monoisotopic (exact) mass is 885 g/mol. The maximum atomic E-state index is 14.7. The summed E-state index contributed by atoms with van der Waals surface area (Å²) in [6, 6.07) is 15.8. The third-order valence-corrected chi connectivity index (χ3v) is 13.2. The van der Waals surface area contributed by atoms with E-state index in [0.29, 0.717) is 45.3 Å². The molecule has 5 unspecified atom stereocenters. The Kier molecular flexibility index (Phi) is 14.2. The number of likely N-dealkylation sites (N-methyl/N-ethyl adjacent to an activating group) is 1. The van der Waals surface area contributed by atoms with E-state index in [2.05, 4.69) is 72.3 Å². The van der Waals surface area contributed by atoms with Crippen LogP contribution in [0.4, 0.5) is 0 Å². The minimum absolute atomic E-state index is 0.132. The number of pyridine rings is 1. The number of ether oxygens (including phenoxy) is 2. The minimum atomic E-state index is -1.06. The molecular weight excluding hydrogens is 823 g/mol. The first-order chi connectivity index (χ1) is 31.0. The molecule has 0 saturated carbocycles. The molecule has 0 spiro atoms. The predicted molar refractivity (Wildman–Crippen MR) is 249 cm³/mol. The standard InChI is InChI=1S/C51H63N7O7/c1-10-43(59)56-24-21-36(29-56)48(61)55(8)45(31(3)4)47(60)53-41-26-33-15-12-16-34(25-33)35-19-20-42-38(27-35)39(46(57(42)11-2)37-17-13-22-52-44(37)32(5)64-9)28-51(6,7)30-65-50(63)40-18-14-23-58(54-40)49(41)62/h1,12-13,15-17,19-20,22,25,27,31-32,36,40-41,45,54H,11,14,18,21,23-24,26,28-30H2,2-9H3,(H,53,60). The zero-order chi connectivity index (χ0) is 46.7. The van der Waals surface area contributed by atoms with Gasteiger partial charge in [-0.25, -0.2) is 5.43 Å². The van der Waals surface area contributed by atoms with Crippen LogP contribution in [0.25, 0.3) is 33.3 Å². The Morgan fingerprint density at radius 3 is 2.55 bits per heavy atom. The van der Waals surface area contributed by atoms with Crippen molar-refractivity contribution in [3.63, 3.8) is 0 Å². The van der Waals surface area contributed by atoms with Gasteiger partial charge in [0.2, 0.25) is 11.8 Å². The number of methoxy groups -OCH3 is 1. The molecule has 344 valence electrons. The Hall–Kier alpha value is -6.04. The number of fused-ring (bicyclic) bond motifs is 6. The summed E-state index contributed by atoms with van der Waals surface area (Å²) < 4.78 is 14.3. The van der Waals surface area contributed by atoms with Crippen molar-refractivity contribution in [2.24, 2.45) is 17.3 Å². The summed E-state index contributed by atoms with van der Waals surface area (Å²) in [5.41, 5.74) is 10.4. The molecule has 7 rings (SSSR count). The number of nitrogens with one attached hydrogen (secondary N) is 2. The number of rotatable bonds is 9. The smallest absolute Gasteiger partial charge is 0.324 e. The van der Waals surface area contributed by atoms with E-state index in [1.165, 1.54) is 14.8 Å². The van der Waals surface area contributed by atoms with Crippen LogP contribution in [0.3, 0.4) is 0 Å². The summed E-state index contributed by atoms with van der Waals surface area (Å²) in [6.07, 6.45) is 9.04. The van der Waals surface area contributed by atoms with Gasteiger partial charge >= 0.3 is 5.97 Å². The molecule has 5 heterocycles. The van der Waals surface area contributed by atoms with E-state index in [1.807, 2.05) is 45.0 Å². The van der Waals surface area contributed by atoms with Gasteiger partial charge in [0.05, 0.1) is 30.0 Å². The lowest BCUT2D eigenvalue weighted by atomic mass is 9.84. The summed E-state index contributed by atoms with van der Waals surface area (Å²) in [7, 11) is 3.28. The van der Waals surface area contributed by atoms with Crippen LogP contribution in [0.1, 0.15) is 83.7 Å². The molecule has 3 aliphatic heterocycles. The van der Waals surface area contributed by atoms with E-state index in [4.69, 9.17) is 20.9 Å². The summed E-state index contributed by atoms with van der Waals surface area (Å²) in [5, 5.41) is 5.55. The number of aryl methyl sites for hydroxylation is 1. The third-order valence-electron chi connectivity index (χ3n) is 13.2. The highest BCUT2D eigenvalue weighted by molar-refractivity contribution is 5.97. The summed E-state index contributed by atoms with van der Waals surface area (Å²) in [6.45, 7) is 13.7. The van der Waals surface area contributed by atoms with Crippen molar-refractivity contribution in [1.82, 2.24) is 35.1 Å². The first-order valence-electron chi connectivity index (χ1n) is 22.8. The van der Waals surface area contributed by atoms with Crippen molar-refractivity contribution in [1.29, 1.82) is 0 Å². The molecule has 2 aromatic heterocycles. The molecule has 5 atom stereocenters.